The predicted octanol–water partition coefficient (Wildman–Crippen LogP) is 3.94. The quantitative estimate of drug-likeness (QED) is 0.567. The normalized spacial score (nSPS) is 20.0. The van der Waals surface area contributed by atoms with Gasteiger partial charge in [-0.3, -0.25) is 4.99 Å². The average Bonchev–Trinajstić information content (AvgIpc) is 3.45. The zero-order valence-electron chi connectivity index (χ0n) is 16.7. The number of piperidine rings is 1. The summed E-state index contributed by atoms with van der Waals surface area (Å²) in [5, 5.41) is 7.42. The summed E-state index contributed by atoms with van der Waals surface area (Å²) < 4.78 is 13.4. The van der Waals surface area contributed by atoms with Gasteiger partial charge in [0.05, 0.1) is 6.54 Å². The fourth-order valence-electron chi connectivity index (χ4n) is 3.76. The zero-order valence-corrected chi connectivity index (χ0v) is 17.4. The molecule has 1 aliphatic carbocycles. The van der Waals surface area contributed by atoms with E-state index in [0.717, 1.165) is 37.0 Å². The van der Waals surface area contributed by atoms with Crippen LogP contribution in [0.3, 0.4) is 0 Å². The zero-order chi connectivity index (χ0) is 19.4. The third-order valence-electron chi connectivity index (χ3n) is 5.57. The lowest BCUT2D eigenvalue weighted by atomic mass is 9.84. The molecular formula is C21H32ClFN4. The molecule has 0 spiro atoms. The maximum Gasteiger partial charge on any atom is 0.191 e. The smallest absolute Gasteiger partial charge is 0.191 e. The Balaban J connectivity index is 1.60. The number of nitrogens with zero attached hydrogens (tertiary/aromatic N) is 2. The van der Waals surface area contributed by atoms with E-state index in [9.17, 15) is 4.39 Å². The number of halogens is 2. The molecular weight excluding hydrogens is 363 g/mol. The van der Waals surface area contributed by atoms with E-state index in [0.29, 0.717) is 17.6 Å². The summed E-state index contributed by atoms with van der Waals surface area (Å²) in [6, 6.07) is 5.93. The van der Waals surface area contributed by atoms with Gasteiger partial charge in [0.1, 0.15) is 5.82 Å². The predicted molar refractivity (Wildman–Crippen MR) is 111 cm³/mol. The van der Waals surface area contributed by atoms with E-state index in [1.165, 1.54) is 38.1 Å². The summed E-state index contributed by atoms with van der Waals surface area (Å²) in [5.41, 5.74) is 0.644. The lowest BCUT2D eigenvalue weighted by molar-refractivity contribution is 0.197. The number of rotatable bonds is 6. The number of guanidine groups is 1. The molecule has 27 heavy (non-hydrogen) atoms. The summed E-state index contributed by atoms with van der Waals surface area (Å²) in [4.78, 5) is 7.44. The SMILES string of the molecule is CCNC(=NCC(C)(C)c1ccc(F)cc1Cl)NC1CCN(C2CC2)CC1. The van der Waals surface area contributed by atoms with E-state index in [1.54, 1.807) is 6.07 Å². The highest BCUT2D eigenvalue weighted by molar-refractivity contribution is 6.31. The molecule has 1 saturated carbocycles. The molecule has 1 aromatic rings. The number of hydrogen-bond donors (Lipinski definition) is 2. The van der Waals surface area contributed by atoms with Crippen molar-refractivity contribution in [1.29, 1.82) is 0 Å². The number of aliphatic imine (C=N–C) groups is 1. The van der Waals surface area contributed by atoms with Crippen LogP contribution in [0.5, 0.6) is 0 Å². The maximum atomic E-state index is 13.4. The van der Waals surface area contributed by atoms with Crippen LogP contribution in [0.1, 0.15) is 52.0 Å². The molecule has 1 aromatic carbocycles. The van der Waals surface area contributed by atoms with E-state index in [-0.39, 0.29) is 11.2 Å². The molecule has 2 fully saturated rings. The summed E-state index contributed by atoms with van der Waals surface area (Å²) in [6.07, 6.45) is 5.08. The van der Waals surface area contributed by atoms with Crippen LogP contribution in [-0.2, 0) is 5.41 Å². The molecule has 6 heteroatoms. The third-order valence-corrected chi connectivity index (χ3v) is 5.88. The summed E-state index contributed by atoms with van der Waals surface area (Å²) in [6.45, 7) is 10.0. The van der Waals surface area contributed by atoms with Crippen molar-refractivity contribution in [2.45, 2.75) is 64.0 Å². The van der Waals surface area contributed by atoms with Crippen molar-refractivity contribution in [2.24, 2.45) is 4.99 Å². The number of nitrogens with one attached hydrogen (secondary N) is 2. The molecule has 3 rings (SSSR count). The van der Waals surface area contributed by atoms with E-state index in [2.05, 4.69) is 36.3 Å². The first-order valence-electron chi connectivity index (χ1n) is 10.1. The minimum Gasteiger partial charge on any atom is -0.357 e. The average molecular weight is 395 g/mol. The molecule has 1 heterocycles. The first-order valence-corrected chi connectivity index (χ1v) is 10.5. The van der Waals surface area contributed by atoms with Crippen LogP contribution in [0.15, 0.2) is 23.2 Å². The highest BCUT2D eigenvalue weighted by Crippen LogP contribution is 2.31. The van der Waals surface area contributed by atoms with Crippen molar-refractivity contribution in [3.63, 3.8) is 0 Å². The number of benzene rings is 1. The van der Waals surface area contributed by atoms with Crippen molar-refractivity contribution in [2.75, 3.05) is 26.2 Å². The Morgan fingerprint density at radius 3 is 2.56 bits per heavy atom. The standard InChI is InChI=1S/C21H32ClFN4/c1-4-24-20(26-16-9-11-27(12-10-16)17-6-7-17)25-14-21(2,3)18-8-5-15(23)13-19(18)22/h5,8,13,16-17H,4,6-7,9-12,14H2,1-3H3,(H2,24,25,26). The Morgan fingerprint density at radius 1 is 1.26 bits per heavy atom. The van der Waals surface area contributed by atoms with Crippen LogP contribution in [0.4, 0.5) is 4.39 Å². The minimum absolute atomic E-state index is 0.275. The van der Waals surface area contributed by atoms with Crippen LogP contribution in [-0.4, -0.2) is 49.1 Å². The van der Waals surface area contributed by atoms with Gasteiger partial charge in [0.15, 0.2) is 5.96 Å². The van der Waals surface area contributed by atoms with Crippen LogP contribution in [0, 0.1) is 5.82 Å². The van der Waals surface area contributed by atoms with Gasteiger partial charge >= 0.3 is 0 Å². The fourth-order valence-corrected chi connectivity index (χ4v) is 4.19. The molecule has 0 atom stereocenters. The van der Waals surface area contributed by atoms with Crippen LogP contribution < -0.4 is 10.6 Å². The number of hydrogen-bond acceptors (Lipinski definition) is 2. The highest BCUT2D eigenvalue weighted by atomic mass is 35.5. The topological polar surface area (TPSA) is 39.7 Å². The van der Waals surface area contributed by atoms with Gasteiger partial charge in [0.25, 0.3) is 0 Å². The molecule has 150 valence electrons. The minimum atomic E-state index is -0.310. The lowest BCUT2D eigenvalue weighted by Gasteiger charge is -2.33. The second kappa shape index (κ2) is 8.78. The second-order valence-electron chi connectivity index (χ2n) is 8.39. The molecule has 1 saturated heterocycles. The second-order valence-corrected chi connectivity index (χ2v) is 8.80. The fraction of sp³-hybridized carbons (Fsp3) is 0.667. The third kappa shape index (κ3) is 5.58. The van der Waals surface area contributed by atoms with Gasteiger partial charge in [0.2, 0.25) is 0 Å². The van der Waals surface area contributed by atoms with Gasteiger partial charge in [-0.2, -0.15) is 0 Å². The van der Waals surface area contributed by atoms with Gasteiger partial charge < -0.3 is 15.5 Å². The van der Waals surface area contributed by atoms with Gasteiger partial charge in [-0.15, -0.1) is 0 Å². The Hall–Kier alpha value is -1.33. The largest absolute Gasteiger partial charge is 0.357 e. The van der Waals surface area contributed by atoms with E-state index < -0.39 is 0 Å². The van der Waals surface area contributed by atoms with E-state index >= 15 is 0 Å². The van der Waals surface area contributed by atoms with Crippen molar-refractivity contribution in [1.82, 2.24) is 15.5 Å². The van der Waals surface area contributed by atoms with Gasteiger partial charge in [-0.1, -0.05) is 31.5 Å². The van der Waals surface area contributed by atoms with Crippen molar-refractivity contribution in [3.05, 3.63) is 34.6 Å². The molecule has 0 radical (unpaired) electrons. The van der Waals surface area contributed by atoms with E-state index in [4.69, 9.17) is 16.6 Å². The molecule has 0 aromatic heterocycles. The molecule has 0 bridgehead atoms. The highest BCUT2D eigenvalue weighted by Gasteiger charge is 2.32. The molecule has 0 amide bonds. The summed E-state index contributed by atoms with van der Waals surface area (Å²) >= 11 is 6.27. The molecule has 0 unspecified atom stereocenters. The van der Waals surface area contributed by atoms with Crippen LogP contribution in [0.2, 0.25) is 5.02 Å². The summed E-state index contributed by atoms with van der Waals surface area (Å²) in [7, 11) is 0. The first kappa shape index (κ1) is 20.4. The maximum absolute atomic E-state index is 13.4. The van der Waals surface area contributed by atoms with Gasteiger partial charge in [0, 0.05) is 42.2 Å². The van der Waals surface area contributed by atoms with Crippen molar-refractivity contribution < 1.29 is 4.39 Å². The van der Waals surface area contributed by atoms with Crippen LogP contribution in [0.25, 0.3) is 0 Å². The Morgan fingerprint density at radius 2 is 1.96 bits per heavy atom. The Kier molecular flexibility index (Phi) is 6.64. The van der Waals surface area contributed by atoms with Crippen molar-refractivity contribution in [3.8, 4) is 0 Å². The monoisotopic (exact) mass is 394 g/mol. The molecule has 2 N–H and O–H groups in total. The number of likely N-dealkylation sites (tertiary alicyclic amines) is 1. The Bertz CT molecular complexity index is 664. The molecule has 4 nitrogen and oxygen atoms in total. The van der Waals surface area contributed by atoms with Gasteiger partial charge in [-0.05, 0) is 50.3 Å². The van der Waals surface area contributed by atoms with Crippen molar-refractivity contribution >= 4 is 17.6 Å². The Labute approximate surface area is 167 Å². The van der Waals surface area contributed by atoms with Gasteiger partial charge in [-0.25, -0.2) is 4.39 Å². The summed E-state index contributed by atoms with van der Waals surface area (Å²) in [5.74, 6) is 0.546. The first-order chi connectivity index (χ1) is 12.9. The molecule has 1 aliphatic heterocycles. The molecule has 2 aliphatic rings. The van der Waals surface area contributed by atoms with Crippen LogP contribution >= 0.6 is 11.6 Å². The van der Waals surface area contributed by atoms with E-state index in [1.807, 2.05) is 0 Å². The lowest BCUT2D eigenvalue weighted by Crippen LogP contribution is -2.49.